The van der Waals surface area contributed by atoms with Gasteiger partial charge in [0.2, 0.25) is 5.91 Å². The third kappa shape index (κ3) is 6.92. The number of amides is 3. The summed E-state index contributed by atoms with van der Waals surface area (Å²) < 4.78 is 16.5. The molecule has 10 heteroatoms. The highest BCUT2D eigenvalue weighted by atomic mass is 19.1. The minimum atomic E-state index is -0.414. The van der Waals surface area contributed by atoms with Gasteiger partial charge in [0.1, 0.15) is 11.6 Å². The predicted octanol–water partition coefficient (Wildman–Crippen LogP) is 6.86. The molecule has 49 heavy (non-hydrogen) atoms. The Morgan fingerprint density at radius 3 is 2.55 bits per heavy atom. The highest BCUT2D eigenvalue weighted by Gasteiger charge is 2.34. The van der Waals surface area contributed by atoms with Crippen LogP contribution in [-0.2, 0) is 36.3 Å². The number of hydrogen-bond acceptors (Lipinski definition) is 5. The molecule has 3 aliphatic heterocycles. The molecular formula is C39H46FN7O2. The molecule has 3 aromatic carbocycles. The van der Waals surface area contributed by atoms with E-state index in [2.05, 4.69) is 84.8 Å². The number of carbonyl (C=O) groups is 2. The maximum Gasteiger partial charge on any atom is 0.322 e. The molecule has 3 amide bonds. The van der Waals surface area contributed by atoms with Gasteiger partial charge in [-0.2, -0.15) is 0 Å². The highest BCUT2D eigenvalue weighted by molar-refractivity contribution is 5.92. The van der Waals surface area contributed by atoms with Crippen LogP contribution in [0.2, 0.25) is 0 Å². The van der Waals surface area contributed by atoms with Crippen molar-refractivity contribution in [2.45, 2.75) is 90.4 Å². The van der Waals surface area contributed by atoms with E-state index in [9.17, 15) is 14.0 Å². The first kappa shape index (κ1) is 32.8. The lowest BCUT2D eigenvalue weighted by molar-refractivity contribution is -0.133. The fourth-order valence-electron chi connectivity index (χ4n) is 7.60. The number of para-hydroxylation sites is 1. The Bertz CT molecular complexity index is 1850. The molecule has 4 aromatic rings. The quantitative estimate of drug-likeness (QED) is 0.192. The standard InChI is InChI=1S/C39H46FN7O2/c1-25-18-27(20-30-22-42-44-35(25)30)19-29(37-41-14-17-46(37)23-26-8-10-31(11-9-26)39(2,3)4)21-34(48)45-15-12-32(13-16-45)47-24-28-6-5-7-33(40)36(28)43-38(47)49/h5-11,14,17-18,20,29,32,42,44H,12-13,15-16,19,21-24H2,1-4H3,(H,43,49). The van der Waals surface area contributed by atoms with Gasteiger partial charge < -0.3 is 25.1 Å². The number of aromatic nitrogens is 2. The summed E-state index contributed by atoms with van der Waals surface area (Å²) in [5.74, 6) is 0.480. The van der Waals surface area contributed by atoms with Gasteiger partial charge in [-0.15, -0.1) is 0 Å². The van der Waals surface area contributed by atoms with Crippen LogP contribution in [0.25, 0.3) is 0 Å². The van der Waals surface area contributed by atoms with Crippen molar-refractivity contribution in [1.29, 1.82) is 0 Å². The van der Waals surface area contributed by atoms with E-state index in [-0.39, 0.29) is 35.0 Å². The van der Waals surface area contributed by atoms with Crippen LogP contribution in [0, 0.1) is 12.7 Å². The van der Waals surface area contributed by atoms with Crippen molar-refractivity contribution in [2.75, 3.05) is 23.8 Å². The van der Waals surface area contributed by atoms with E-state index in [4.69, 9.17) is 4.98 Å². The van der Waals surface area contributed by atoms with Crippen LogP contribution >= 0.6 is 0 Å². The van der Waals surface area contributed by atoms with Gasteiger partial charge in [0.15, 0.2) is 0 Å². The lowest BCUT2D eigenvalue weighted by Gasteiger charge is -2.40. The van der Waals surface area contributed by atoms with Crippen molar-refractivity contribution in [1.82, 2.24) is 24.8 Å². The van der Waals surface area contributed by atoms with Crippen LogP contribution in [0.5, 0.6) is 0 Å². The molecule has 1 fully saturated rings. The van der Waals surface area contributed by atoms with E-state index < -0.39 is 5.82 Å². The summed E-state index contributed by atoms with van der Waals surface area (Å²) in [5, 5.41) is 2.74. The maximum absolute atomic E-state index is 14.3. The zero-order valence-corrected chi connectivity index (χ0v) is 28.9. The summed E-state index contributed by atoms with van der Waals surface area (Å²) in [6.45, 7) is 11.7. The molecule has 9 nitrogen and oxygen atoms in total. The molecule has 0 aliphatic carbocycles. The Morgan fingerprint density at radius 2 is 1.80 bits per heavy atom. The first-order valence-electron chi connectivity index (χ1n) is 17.4. The monoisotopic (exact) mass is 663 g/mol. The number of piperidine rings is 1. The Morgan fingerprint density at radius 1 is 1.02 bits per heavy atom. The van der Waals surface area contributed by atoms with Crippen LogP contribution in [-0.4, -0.2) is 50.4 Å². The first-order chi connectivity index (χ1) is 23.5. The number of rotatable bonds is 8. The van der Waals surface area contributed by atoms with E-state index in [1.807, 2.05) is 23.4 Å². The number of imidazole rings is 1. The summed E-state index contributed by atoms with van der Waals surface area (Å²) >= 11 is 0. The van der Waals surface area contributed by atoms with E-state index in [0.29, 0.717) is 51.9 Å². The van der Waals surface area contributed by atoms with Gasteiger partial charge in [0, 0.05) is 63.5 Å². The Balaban J connectivity index is 1.07. The van der Waals surface area contributed by atoms with Crippen molar-refractivity contribution in [3.63, 3.8) is 0 Å². The zero-order valence-electron chi connectivity index (χ0n) is 28.9. The molecule has 0 radical (unpaired) electrons. The van der Waals surface area contributed by atoms with Crippen molar-refractivity contribution >= 4 is 23.3 Å². The largest absolute Gasteiger partial charge is 0.343 e. The lowest BCUT2D eigenvalue weighted by Crippen LogP contribution is -2.51. The molecular weight excluding hydrogens is 617 g/mol. The van der Waals surface area contributed by atoms with Crippen molar-refractivity contribution in [3.05, 3.63) is 112 Å². The molecule has 0 spiro atoms. The third-order valence-corrected chi connectivity index (χ3v) is 10.3. The SMILES string of the molecule is Cc1cc(CC(CC(=O)N2CCC(N3Cc4cccc(F)c4NC3=O)CC2)c2nccn2Cc2ccc(C(C)(C)C)cc2)cc2c1NNC2. The van der Waals surface area contributed by atoms with Crippen LogP contribution in [0.15, 0.2) is 67.0 Å². The molecule has 1 unspecified atom stereocenters. The van der Waals surface area contributed by atoms with Crippen molar-refractivity contribution < 1.29 is 14.0 Å². The molecule has 1 atom stereocenters. The zero-order chi connectivity index (χ0) is 34.3. The summed E-state index contributed by atoms with van der Waals surface area (Å²) in [6.07, 6.45) is 6.26. The van der Waals surface area contributed by atoms with Crippen molar-refractivity contribution in [2.24, 2.45) is 0 Å². The second kappa shape index (κ2) is 13.3. The smallest absolute Gasteiger partial charge is 0.322 e. The number of aryl methyl sites for hydroxylation is 1. The summed E-state index contributed by atoms with van der Waals surface area (Å²) in [7, 11) is 0. The van der Waals surface area contributed by atoms with E-state index in [1.54, 1.807) is 11.0 Å². The van der Waals surface area contributed by atoms with Crippen molar-refractivity contribution in [3.8, 4) is 0 Å². The molecule has 0 bridgehead atoms. The summed E-state index contributed by atoms with van der Waals surface area (Å²) in [5.41, 5.74) is 14.8. The summed E-state index contributed by atoms with van der Waals surface area (Å²) in [6, 6.07) is 17.8. The first-order valence-corrected chi connectivity index (χ1v) is 17.4. The van der Waals surface area contributed by atoms with Gasteiger partial charge in [-0.1, -0.05) is 69.3 Å². The molecule has 256 valence electrons. The van der Waals surface area contributed by atoms with E-state index >= 15 is 0 Å². The number of likely N-dealkylation sites (tertiary alicyclic amines) is 1. The van der Waals surface area contributed by atoms with Gasteiger partial charge >= 0.3 is 6.03 Å². The maximum atomic E-state index is 14.3. The Kier molecular flexibility index (Phi) is 8.92. The lowest BCUT2D eigenvalue weighted by atomic mass is 9.87. The number of benzene rings is 3. The third-order valence-electron chi connectivity index (χ3n) is 10.3. The fourth-order valence-corrected chi connectivity index (χ4v) is 7.60. The molecule has 0 saturated carbocycles. The van der Waals surface area contributed by atoms with Crippen LogP contribution in [0.3, 0.4) is 0 Å². The minimum Gasteiger partial charge on any atom is -0.343 e. The molecule has 1 aromatic heterocycles. The Labute approximate surface area is 287 Å². The fraction of sp³-hybridized carbons (Fsp3) is 0.410. The summed E-state index contributed by atoms with van der Waals surface area (Å²) in [4.78, 5) is 35.6. The second-order valence-corrected chi connectivity index (χ2v) is 14.8. The molecule has 3 N–H and O–H groups in total. The number of anilines is 2. The molecule has 4 heterocycles. The van der Waals surface area contributed by atoms with E-state index in [0.717, 1.165) is 23.6 Å². The number of hydrazine groups is 1. The number of carbonyl (C=O) groups excluding carboxylic acids is 2. The number of nitrogens with zero attached hydrogens (tertiary/aromatic N) is 4. The van der Waals surface area contributed by atoms with Gasteiger partial charge in [0.25, 0.3) is 0 Å². The van der Waals surface area contributed by atoms with Gasteiger partial charge in [-0.05, 0) is 71.0 Å². The number of hydrogen-bond donors (Lipinski definition) is 3. The van der Waals surface area contributed by atoms with Gasteiger partial charge in [-0.3, -0.25) is 4.79 Å². The number of urea groups is 1. The normalized spacial score (nSPS) is 17.0. The number of fused-ring (bicyclic) bond motifs is 2. The average molecular weight is 664 g/mol. The molecule has 1 saturated heterocycles. The van der Waals surface area contributed by atoms with Gasteiger partial charge in [0.05, 0.1) is 11.4 Å². The number of nitrogens with one attached hydrogen (secondary N) is 3. The molecule has 3 aliphatic rings. The minimum absolute atomic E-state index is 0.0172. The topological polar surface area (TPSA) is 94.5 Å². The average Bonchev–Trinajstić information content (AvgIpc) is 3.75. The van der Waals surface area contributed by atoms with Gasteiger partial charge in [-0.25, -0.2) is 19.6 Å². The van der Waals surface area contributed by atoms with Crippen LogP contribution in [0.4, 0.5) is 20.6 Å². The molecule has 7 rings (SSSR count). The second-order valence-electron chi connectivity index (χ2n) is 14.8. The van der Waals surface area contributed by atoms with Crippen LogP contribution < -0.4 is 16.2 Å². The number of halogens is 1. The predicted molar refractivity (Wildman–Crippen MR) is 190 cm³/mol. The Hall–Kier alpha value is -4.70. The van der Waals surface area contributed by atoms with E-state index in [1.165, 1.54) is 33.9 Å². The highest BCUT2D eigenvalue weighted by Crippen LogP contribution is 2.33. The van der Waals surface area contributed by atoms with Crippen LogP contribution in [0.1, 0.15) is 85.2 Å².